The van der Waals surface area contributed by atoms with Gasteiger partial charge >= 0.3 is 0 Å². The number of carbonyl (C=O) groups excluding carboxylic acids is 2. The number of aromatic nitrogens is 2. The molecule has 0 atom stereocenters. The zero-order valence-corrected chi connectivity index (χ0v) is 26.0. The second-order valence-corrected chi connectivity index (χ2v) is 11.6. The van der Waals surface area contributed by atoms with E-state index >= 15 is 0 Å². The highest BCUT2D eigenvalue weighted by atomic mass is 16.5. The molecule has 6 rings (SSSR count). The van der Waals surface area contributed by atoms with Gasteiger partial charge in [0.25, 0.3) is 5.91 Å². The van der Waals surface area contributed by atoms with Crippen molar-refractivity contribution in [1.29, 1.82) is 0 Å². The van der Waals surface area contributed by atoms with Gasteiger partial charge in [0.2, 0.25) is 11.9 Å². The first-order valence-corrected chi connectivity index (χ1v) is 15.4. The van der Waals surface area contributed by atoms with Gasteiger partial charge in [-0.1, -0.05) is 48.5 Å². The van der Waals surface area contributed by atoms with E-state index in [0.717, 1.165) is 43.7 Å². The lowest BCUT2D eigenvalue weighted by Gasteiger charge is -2.32. The molecule has 1 aromatic heterocycles. The number of anilines is 5. The van der Waals surface area contributed by atoms with Crippen LogP contribution in [-0.4, -0.2) is 66.5 Å². The number of hydrogen-bond donors (Lipinski definition) is 2. The molecule has 3 heterocycles. The molecule has 2 aliphatic heterocycles. The van der Waals surface area contributed by atoms with Crippen LogP contribution in [0.15, 0.2) is 79.0 Å². The molecule has 2 amide bonds. The summed E-state index contributed by atoms with van der Waals surface area (Å²) >= 11 is 0. The van der Waals surface area contributed by atoms with Crippen molar-refractivity contribution in [3.63, 3.8) is 0 Å². The maximum absolute atomic E-state index is 13.2. The van der Waals surface area contributed by atoms with Crippen molar-refractivity contribution >= 4 is 40.6 Å². The second-order valence-electron chi connectivity index (χ2n) is 11.6. The van der Waals surface area contributed by atoms with E-state index in [1.54, 1.807) is 43.5 Å². The van der Waals surface area contributed by atoms with Crippen LogP contribution in [0.25, 0.3) is 0 Å². The summed E-state index contributed by atoms with van der Waals surface area (Å²) < 4.78 is 5.67. The smallest absolute Gasteiger partial charge is 0.251 e. The van der Waals surface area contributed by atoms with Gasteiger partial charge in [-0.3, -0.25) is 14.5 Å². The molecule has 2 N–H and O–H groups in total. The SMILES string of the molecule is COc1cc(C(=O)NC2CCN(Cc3ccccc3)CC2)ccc1Nc1ncc2c(n1)N(c1ccccc1C)CCC(=O)N2C. The van der Waals surface area contributed by atoms with E-state index in [-0.39, 0.29) is 17.9 Å². The summed E-state index contributed by atoms with van der Waals surface area (Å²) in [5.41, 5.74) is 5.17. The molecule has 10 nitrogen and oxygen atoms in total. The Balaban J connectivity index is 1.15. The number of nitrogens with zero attached hydrogens (tertiary/aromatic N) is 5. The zero-order valence-electron chi connectivity index (χ0n) is 26.0. The van der Waals surface area contributed by atoms with E-state index in [4.69, 9.17) is 9.72 Å². The quantitative estimate of drug-likeness (QED) is 0.274. The Morgan fingerprint density at radius 3 is 2.49 bits per heavy atom. The highest BCUT2D eigenvalue weighted by Gasteiger charge is 2.28. The molecular weight excluding hydrogens is 566 g/mol. The highest BCUT2D eigenvalue weighted by Crippen LogP contribution is 2.37. The van der Waals surface area contributed by atoms with Crippen LogP contribution >= 0.6 is 0 Å². The van der Waals surface area contributed by atoms with Crippen molar-refractivity contribution in [2.24, 2.45) is 0 Å². The topological polar surface area (TPSA) is 103 Å². The minimum Gasteiger partial charge on any atom is -0.495 e. The van der Waals surface area contributed by atoms with Crippen LogP contribution in [-0.2, 0) is 11.3 Å². The first-order chi connectivity index (χ1) is 21.9. The molecule has 45 heavy (non-hydrogen) atoms. The van der Waals surface area contributed by atoms with Crippen LogP contribution in [0.5, 0.6) is 5.75 Å². The average molecular weight is 606 g/mol. The molecule has 0 spiro atoms. The molecule has 0 unspecified atom stereocenters. The number of likely N-dealkylation sites (tertiary alicyclic amines) is 1. The number of methoxy groups -OCH3 is 1. The summed E-state index contributed by atoms with van der Waals surface area (Å²) in [5, 5.41) is 6.47. The predicted octanol–water partition coefficient (Wildman–Crippen LogP) is 5.44. The highest BCUT2D eigenvalue weighted by molar-refractivity contribution is 5.98. The van der Waals surface area contributed by atoms with Crippen LogP contribution < -0.4 is 25.2 Å². The number of para-hydroxylation sites is 1. The van der Waals surface area contributed by atoms with Crippen LogP contribution in [0.1, 0.15) is 40.7 Å². The fourth-order valence-corrected chi connectivity index (χ4v) is 5.98. The van der Waals surface area contributed by atoms with Gasteiger partial charge in [0.1, 0.15) is 11.4 Å². The maximum Gasteiger partial charge on any atom is 0.251 e. The minimum atomic E-state index is -0.121. The van der Waals surface area contributed by atoms with Crippen molar-refractivity contribution in [2.75, 3.05) is 48.9 Å². The van der Waals surface area contributed by atoms with Crippen molar-refractivity contribution in [2.45, 2.75) is 38.8 Å². The van der Waals surface area contributed by atoms with Crippen LogP contribution in [0, 0.1) is 6.92 Å². The standard InChI is InChI=1S/C35H39N7O3/c1-24-9-7-8-12-29(24)42-20-17-32(43)40(2)30-22-36-35(39-33(30)42)38-28-14-13-26(21-31(28)45-3)34(44)37-27-15-18-41(19-16-27)23-25-10-5-4-6-11-25/h4-14,21-22,27H,15-20,23H2,1-3H3,(H,37,44)(H,36,38,39). The van der Waals surface area contributed by atoms with Gasteiger partial charge in [0, 0.05) is 56.9 Å². The first-order valence-electron chi connectivity index (χ1n) is 15.4. The number of piperidine rings is 1. The van der Waals surface area contributed by atoms with Gasteiger partial charge in [-0.05, 0) is 55.2 Å². The molecule has 1 saturated heterocycles. The van der Waals surface area contributed by atoms with Crippen molar-refractivity contribution < 1.29 is 14.3 Å². The van der Waals surface area contributed by atoms with Gasteiger partial charge in [-0.25, -0.2) is 4.98 Å². The fraction of sp³-hybridized carbons (Fsp3) is 0.314. The fourth-order valence-electron chi connectivity index (χ4n) is 5.98. The zero-order chi connectivity index (χ0) is 31.3. The van der Waals surface area contributed by atoms with Crippen LogP contribution in [0.3, 0.4) is 0 Å². The van der Waals surface area contributed by atoms with Gasteiger partial charge in [0.05, 0.1) is 19.0 Å². The molecule has 3 aromatic carbocycles. The molecule has 2 aliphatic rings. The van der Waals surface area contributed by atoms with E-state index in [1.807, 2.05) is 37.3 Å². The number of amides is 2. The largest absolute Gasteiger partial charge is 0.495 e. The van der Waals surface area contributed by atoms with E-state index < -0.39 is 0 Å². The van der Waals surface area contributed by atoms with Gasteiger partial charge in [-0.15, -0.1) is 0 Å². The van der Waals surface area contributed by atoms with Gasteiger partial charge in [-0.2, -0.15) is 4.98 Å². The number of rotatable bonds is 8. The van der Waals surface area contributed by atoms with Crippen molar-refractivity contribution in [3.05, 3.63) is 95.7 Å². The van der Waals surface area contributed by atoms with Gasteiger partial charge < -0.3 is 25.2 Å². The Hall–Kier alpha value is -4.96. The third kappa shape index (κ3) is 6.76. The molecule has 1 fully saturated rings. The lowest BCUT2D eigenvalue weighted by Crippen LogP contribution is -2.44. The molecule has 0 saturated carbocycles. The van der Waals surface area contributed by atoms with Crippen molar-refractivity contribution in [1.82, 2.24) is 20.2 Å². The molecule has 0 radical (unpaired) electrons. The number of carbonyl (C=O) groups is 2. The average Bonchev–Trinajstić information content (AvgIpc) is 3.18. The third-order valence-electron chi connectivity index (χ3n) is 8.58. The number of benzene rings is 3. The molecular formula is C35H39N7O3. The number of nitrogens with one attached hydrogen (secondary N) is 2. The predicted molar refractivity (Wildman–Crippen MR) is 177 cm³/mol. The Labute approximate surface area is 264 Å². The maximum atomic E-state index is 13.2. The van der Waals surface area contributed by atoms with Gasteiger partial charge in [0.15, 0.2) is 5.82 Å². The summed E-state index contributed by atoms with van der Waals surface area (Å²) in [6, 6.07) is 24.0. The Morgan fingerprint density at radius 2 is 1.73 bits per heavy atom. The van der Waals surface area contributed by atoms with Crippen LogP contribution in [0.2, 0.25) is 0 Å². The third-order valence-corrected chi connectivity index (χ3v) is 8.58. The molecule has 232 valence electrons. The summed E-state index contributed by atoms with van der Waals surface area (Å²) in [7, 11) is 3.32. The number of hydrogen-bond acceptors (Lipinski definition) is 8. The lowest BCUT2D eigenvalue weighted by molar-refractivity contribution is -0.118. The summed E-state index contributed by atoms with van der Waals surface area (Å²) in [4.78, 5) is 41.5. The lowest BCUT2D eigenvalue weighted by atomic mass is 10.0. The Morgan fingerprint density at radius 1 is 0.978 bits per heavy atom. The first kappa shape index (κ1) is 30.1. The van der Waals surface area contributed by atoms with E-state index in [2.05, 4.69) is 49.7 Å². The second kappa shape index (κ2) is 13.4. The number of fused-ring (bicyclic) bond motifs is 1. The summed E-state index contributed by atoms with van der Waals surface area (Å²) in [6.45, 7) is 5.36. The van der Waals surface area contributed by atoms with E-state index in [9.17, 15) is 9.59 Å². The molecule has 4 aromatic rings. The summed E-state index contributed by atoms with van der Waals surface area (Å²) in [6.07, 6.45) is 3.84. The van der Waals surface area contributed by atoms with Crippen molar-refractivity contribution in [3.8, 4) is 5.75 Å². The Bertz CT molecular complexity index is 1670. The monoisotopic (exact) mass is 605 g/mol. The molecule has 0 bridgehead atoms. The summed E-state index contributed by atoms with van der Waals surface area (Å²) in [5.74, 6) is 1.38. The number of aryl methyl sites for hydroxylation is 1. The normalized spacial score (nSPS) is 15.8. The molecule has 10 heteroatoms. The minimum absolute atomic E-state index is 0.00455. The Kier molecular flexibility index (Phi) is 8.93. The van der Waals surface area contributed by atoms with E-state index in [1.165, 1.54) is 5.56 Å². The number of ether oxygens (including phenoxy) is 1. The van der Waals surface area contributed by atoms with E-state index in [0.29, 0.717) is 47.4 Å². The molecule has 0 aliphatic carbocycles. The van der Waals surface area contributed by atoms with Crippen LogP contribution in [0.4, 0.5) is 28.8 Å².